The van der Waals surface area contributed by atoms with E-state index in [1.807, 2.05) is 0 Å². The molecule has 0 spiro atoms. The quantitative estimate of drug-likeness (QED) is 0.186. The number of benzene rings is 8. The molecule has 0 aliphatic heterocycles. The summed E-state index contributed by atoms with van der Waals surface area (Å²) in [4.78, 5) is 0. The molecule has 8 aromatic carbocycles. The fraction of sp³-hybridized carbons (Fsp3) is 0. The van der Waals surface area contributed by atoms with Crippen molar-refractivity contribution in [3.05, 3.63) is 191 Å². The summed E-state index contributed by atoms with van der Waals surface area (Å²) in [7, 11) is 0. The molecule has 0 saturated carbocycles. The fourth-order valence-corrected chi connectivity index (χ4v) is 7.96. The zero-order chi connectivity index (χ0) is 28.8. The van der Waals surface area contributed by atoms with Gasteiger partial charge in [0.2, 0.25) is 0 Å². The van der Waals surface area contributed by atoms with E-state index in [0.29, 0.717) is 0 Å². The number of allylic oxidation sites excluding steroid dienone is 2. The molecular formula is C44H26. The Kier molecular flexibility index (Phi) is 4.81. The first-order valence-electron chi connectivity index (χ1n) is 15.4. The number of rotatable bonds is 2. The van der Waals surface area contributed by atoms with Gasteiger partial charge < -0.3 is 0 Å². The van der Waals surface area contributed by atoms with Crippen LogP contribution in [0, 0.1) is 0 Å². The largest absolute Gasteiger partial charge is 0.0622 e. The van der Waals surface area contributed by atoms with Crippen LogP contribution in [0.4, 0.5) is 0 Å². The third-order valence-electron chi connectivity index (χ3n) is 9.75. The maximum Gasteiger partial charge on any atom is -0.0000933 e. The first-order chi connectivity index (χ1) is 21.9. The van der Waals surface area contributed by atoms with Crippen LogP contribution >= 0.6 is 0 Å². The van der Waals surface area contributed by atoms with Gasteiger partial charge in [0.15, 0.2) is 0 Å². The first-order valence-corrected chi connectivity index (χ1v) is 15.4. The van der Waals surface area contributed by atoms with E-state index in [2.05, 4.69) is 158 Å². The maximum atomic E-state index is 2.44. The Morgan fingerprint density at radius 3 is 1.39 bits per heavy atom. The molecule has 8 aromatic rings. The lowest BCUT2D eigenvalue weighted by molar-refractivity contribution is 1.56. The monoisotopic (exact) mass is 554 g/mol. The summed E-state index contributed by atoms with van der Waals surface area (Å²) in [6.07, 6.45) is 0. The van der Waals surface area contributed by atoms with E-state index >= 15 is 0 Å². The molecule has 0 amide bonds. The summed E-state index contributed by atoms with van der Waals surface area (Å²) in [6.45, 7) is 0. The topological polar surface area (TPSA) is 0 Å². The van der Waals surface area contributed by atoms with Crippen molar-refractivity contribution >= 4 is 65.4 Å². The summed E-state index contributed by atoms with van der Waals surface area (Å²) < 4.78 is 0. The second-order valence-corrected chi connectivity index (χ2v) is 12.0. The van der Waals surface area contributed by atoms with Crippen molar-refractivity contribution in [2.24, 2.45) is 0 Å². The molecular weight excluding hydrogens is 528 g/mol. The summed E-state index contributed by atoms with van der Waals surface area (Å²) in [5, 5.41) is 10.3. The molecule has 0 nitrogen and oxygen atoms in total. The average molecular weight is 555 g/mol. The molecule has 2 aliphatic rings. The Hall–Kier alpha value is -5.72. The van der Waals surface area contributed by atoms with E-state index in [1.54, 1.807) is 0 Å². The fourth-order valence-electron chi connectivity index (χ4n) is 7.96. The Balaban J connectivity index is 1.47. The van der Waals surface area contributed by atoms with Crippen LogP contribution in [0.1, 0.15) is 33.4 Å². The highest BCUT2D eigenvalue weighted by Gasteiger charge is 2.39. The van der Waals surface area contributed by atoms with Gasteiger partial charge in [-0.1, -0.05) is 152 Å². The van der Waals surface area contributed by atoms with Crippen LogP contribution < -0.4 is 0 Å². The Morgan fingerprint density at radius 1 is 0.250 bits per heavy atom. The Bertz CT molecular complexity index is 2580. The average Bonchev–Trinajstić information content (AvgIpc) is 3.61. The van der Waals surface area contributed by atoms with Crippen LogP contribution in [0.3, 0.4) is 0 Å². The van der Waals surface area contributed by atoms with Gasteiger partial charge in [-0.15, -0.1) is 0 Å². The first kappa shape index (κ1) is 23.8. The minimum atomic E-state index is 1.26. The normalized spacial score (nSPS) is 13.7. The van der Waals surface area contributed by atoms with Crippen molar-refractivity contribution in [2.45, 2.75) is 0 Å². The second kappa shape index (κ2) is 8.89. The molecule has 0 N–H and O–H groups in total. The maximum absolute atomic E-state index is 2.44. The van der Waals surface area contributed by atoms with Crippen LogP contribution in [0.15, 0.2) is 158 Å². The highest BCUT2D eigenvalue weighted by molar-refractivity contribution is 6.40. The van der Waals surface area contributed by atoms with E-state index in [0.717, 1.165) is 0 Å². The van der Waals surface area contributed by atoms with Crippen LogP contribution in [0.2, 0.25) is 0 Å². The van der Waals surface area contributed by atoms with E-state index in [-0.39, 0.29) is 0 Å². The van der Waals surface area contributed by atoms with Gasteiger partial charge in [0.25, 0.3) is 0 Å². The minimum absolute atomic E-state index is 1.26. The van der Waals surface area contributed by atoms with Gasteiger partial charge in [0.05, 0.1) is 0 Å². The lowest BCUT2D eigenvalue weighted by Crippen LogP contribution is -1.95. The summed E-state index contributed by atoms with van der Waals surface area (Å²) in [5.41, 5.74) is 13.3. The van der Waals surface area contributed by atoms with Crippen molar-refractivity contribution < 1.29 is 0 Å². The molecule has 0 unspecified atom stereocenters. The summed E-state index contributed by atoms with van der Waals surface area (Å²) in [6, 6.07) is 58.4. The Morgan fingerprint density at radius 2 is 0.727 bits per heavy atom. The van der Waals surface area contributed by atoms with Crippen molar-refractivity contribution in [1.29, 1.82) is 0 Å². The van der Waals surface area contributed by atoms with E-state index < -0.39 is 0 Å². The van der Waals surface area contributed by atoms with Gasteiger partial charge in [-0.2, -0.15) is 0 Å². The predicted molar refractivity (Wildman–Crippen MR) is 188 cm³/mol. The molecule has 10 rings (SSSR count). The molecule has 0 heteroatoms. The van der Waals surface area contributed by atoms with Gasteiger partial charge in [0, 0.05) is 0 Å². The highest BCUT2D eigenvalue weighted by Crippen LogP contribution is 2.61. The molecule has 0 bridgehead atoms. The minimum Gasteiger partial charge on any atom is -0.0622 e. The molecule has 0 radical (unpaired) electrons. The van der Waals surface area contributed by atoms with Crippen LogP contribution in [0.25, 0.3) is 65.4 Å². The third kappa shape index (κ3) is 3.12. The standard InChI is InChI=1S/C44H26/c1-2-14-29(15-3-1)39-36-24-22-27-12-4-8-18-32(27)40(36)44-42(37-25-23-28-13-5-9-19-33(28)41(37)43(39)44)38-26-30-16-6-7-17-31(30)34-20-10-11-21-35(34)38/h1-26H. The van der Waals surface area contributed by atoms with Crippen molar-refractivity contribution in [3.8, 4) is 0 Å². The molecule has 0 aromatic heterocycles. The molecule has 2 aliphatic carbocycles. The zero-order valence-electron chi connectivity index (χ0n) is 24.0. The van der Waals surface area contributed by atoms with Gasteiger partial charge >= 0.3 is 0 Å². The van der Waals surface area contributed by atoms with E-state index in [4.69, 9.17) is 0 Å². The van der Waals surface area contributed by atoms with Gasteiger partial charge in [-0.05, 0) is 105 Å². The van der Waals surface area contributed by atoms with E-state index in [1.165, 1.54) is 98.8 Å². The second-order valence-electron chi connectivity index (χ2n) is 12.0. The van der Waals surface area contributed by atoms with Gasteiger partial charge in [0.1, 0.15) is 0 Å². The highest BCUT2D eigenvalue weighted by atomic mass is 14.4. The van der Waals surface area contributed by atoms with Crippen molar-refractivity contribution in [2.75, 3.05) is 0 Å². The molecule has 44 heavy (non-hydrogen) atoms. The SMILES string of the molecule is c1ccc(C2=C3C(=C(c4cc5ccccc5c5ccccc45)c4ccc5ccccc5c43)c3c2ccc2ccccc32)cc1. The summed E-state index contributed by atoms with van der Waals surface area (Å²) in [5.74, 6) is 0. The van der Waals surface area contributed by atoms with Crippen LogP contribution in [-0.4, -0.2) is 0 Å². The molecule has 0 atom stereocenters. The Labute approximate surface area is 255 Å². The molecule has 0 saturated heterocycles. The predicted octanol–water partition coefficient (Wildman–Crippen LogP) is 11.5. The van der Waals surface area contributed by atoms with E-state index in [9.17, 15) is 0 Å². The third-order valence-corrected chi connectivity index (χ3v) is 9.75. The smallest absolute Gasteiger partial charge is 0.0000933 e. The van der Waals surface area contributed by atoms with Crippen LogP contribution in [-0.2, 0) is 0 Å². The zero-order valence-corrected chi connectivity index (χ0v) is 24.0. The molecule has 0 heterocycles. The number of fused-ring (bicyclic) bond motifs is 12. The number of hydrogen-bond donors (Lipinski definition) is 0. The molecule has 0 fully saturated rings. The van der Waals surface area contributed by atoms with Crippen LogP contribution in [0.5, 0.6) is 0 Å². The summed E-state index contributed by atoms with van der Waals surface area (Å²) >= 11 is 0. The van der Waals surface area contributed by atoms with Gasteiger partial charge in [-0.25, -0.2) is 0 Å². The number of hydrogen-bond acceptors (Lipinski definition) is 0. The lowest BCUT2D eigenvalue weighted by atomic mass is 9.86. The van der Waals surface area contributed by atoms with Crippen molar-refractivity contribution in [1.82, 2.24) is 0 Å². The molecule has 202 valence electrons. The van der Waals surface area contributed by atoms with Gasteiger partial charge in [-0.3, -0.25) is 0 Å². The lowest BCUT2D eigenvalue weighted by Gasteiger charge is -2.17. The van der Waals surface area contributed by atoms with Crippen molar-refractivity contribution in [3.63, 3.8) is 0 Å².